The van der Waals surface area contributed by atoms with E-state index in [0.717, 1.165) is 12.8 Å². The van der Waals surface area contributed by atoms with Crippen molar-refractivity contribution in [2.24, 2.45) is 0 Å². The summed E-state index contributed by atoms with van der Waals surface area (Å²) in [6.07, 6.45) is 4.45. The van der Waals surface area contributed by atoms with Crippen molar-refractivity contribution in [3.63, 3.8) is 0 Å². The van der Waals surface area contributed by atoms with Gasteiger partial charge in [0, 0.05) is 17.8 Å². The number of benzene rings is 1. The first kappa shape index (κ1) is 12.8. The lowest BCUT2D eigenvalue weighted by Gasteiger charge is -2.19. The van der Waals surface area contributed by atoms with Crippen molar-refractivity contribution in [1.82, 2.24) is 5.32 Å². The molecule has 0 unspecified atom stereocenters. The smallest absolute Gasteiger partial charge is 0.319 e. The Morgan fingerprint density at radius 1 is 1.30 bits per heavy atom. The summed E-state index contributed by atoms with van der Waals surface area (Å²) in [5.41, 5.74) is 1.28. The fourth-order valence-corrected chi connectivity index (χ4v) is 2.58. The van der Waals surface area contributed by atoms with E-state index in [1.165, 1.54) is 12.8 Å². The molecule has 3 rings (SSSR count). The van der Waals surface area contributed by atoms with Gasteiger partial charge in [0.15, 0.2) is 6.61 Å². The van der Waals surface area contributed by atoms with Crippen LogP contribution in [-0.4, -0.2) is 24.6 Å². The Labute approximate surface area is 116 Å². The predicted octanol–water partition coefficient (Wildman–Crippen LogP) is 2.08. The highest BCUT2D eigenvalue weighted by atomic mass is 16.5. The zero-order chi connectivity index (χ0) is 13.9. The van der Waals surface area contributed by atoms with Gasteiger partial charge in [-0.15, -0.1) is 0 Å². The van der Waals surface area contributed by atoms with E-state index in [1.807, 2.05) is 0 Å². The van der Waals surface area contributed by atoms with Crippen LogP contribution in [0.25, 0.3) is 0 Å². The van der Waals surface area contributed by atoms with Crippen molar-refractivity contribution in [3.8, 4) is 5.75 Å². The van der Waals surface area contributed by atoms with Crippen LogP contribution in [-0.2, 0) is 4.79 Å². The normalized spacial score (nSPS) is 17.9. The Kier molecular flexibility index (Phi) is 3.45. The molecule has 1 heterocycles. The van der Waals surface area contributed by atoms with E-state index in [9.17, 15) is 9.59 Å². The third-order valence-corrected chi connectivity index (χ3v) is 3.56. The second-order valence-electron chi connectivity index (χ2n) is 5.13. The molecule has 1 aliphatic heterocycles. The van der Waals surface area contributed by atoms with Gasteiger partial charge in [0.05, 0.1) is 5.69 Å². The molecule has 0 saturated heterocycles. The number of ether oxygens (including phenoxy) is 1. The van der Waals surface area contributed by atoms with E-state index in [0.29, 0.717) is 17.1 Å². The van der Waals surface area contributed by atoms with Gasteiger partial charge in [0.1, 0.15) is 5.75 Å². The molecule has 1 saturated carbocycles. The summed E-state index contributed by atoms with van der Waals surface area (Å²) in [6.45, 7) is 0.00469. The minimum absolute atomic E-state index is 0.00469. The number of anilines is 2. The van der Waals surface area contributed by atoms with Crippen LogP contribution in [0.15, 0.2) is 18.2 Å². The molecule has 0 aromatic heterocycles. The highest BCUT2D eigenvalue weighted by Gasteiger charge is 2.18. The fraction of sp³-hybridized carbons (Fsp3) is 0.429. The average Bonchev–Trinajstić information content (AvgIpc) is 2.91. The van der Waals surface area contributed by atoms with Crippen LogP contribution in [0.1, 0.15) is 25.7 Å². The predicted molar refractivity (Wildman–Crippen MR) is 75.0 cm³/mol. The number of nitrogens with one attached hydrogen (secondary N) is 3. The molecule has 106 valence electrons. The van der Waals surface area contributed by atoms with Crippen molar-refractivity contribution in [2.45, 2.75) is 31.7 Å². The summed E-state index contributed by atoms with van der Waals surface area (Å²) < 4.78 is 5.31. The first-order valence-corrected chi connectivity index (χ1v) is 6.85. The molecule has 1 aromatic rings. The SMILES string of the molecule is O=C1COc2cc(NC(=O)NC3CCCC3)ccc2N1. The number of hydrogen-bond donors (Lipinski definition) is 3. The number of fused-ring (bicyclic) bond motifs is 1. The molecule has 6 heteroatoms. The molecule has 0 atom stereocenters. The second kappa shape index (κ2) is 5.40. The van der Waals surface area contributed by atoms with Crippen molar-refractivity contribution >= 4 is 23.3 Å². The van der Waals surface area contributed by atoms with E-state index in [2.05, 4.69) is 16.0 Å². The van der Waals surface area contributed by atoms with Gasteiger partial charge < -0.3 is 20.7 Å². The number of urea groups is 1. The van der Waals surface area contributed by atoms with Crippen LogP contribution in [0.2, 0.25) is 0 Å². The van der Waals surface area contributed by atoms with E-state index in [4.69, 9.17) is 4.74 Å². The van der Waals surface area contributed by atoms with Crippen molar-refractivity contribution < 1.29 is 14.3 Å². The monoisotopic (exact) mass is 275 g/mol. The van der Waals surface area contributed by atoms with Gasteiger partial charge in [-0.05, 0) is 25.0 Å². The molecule has 1 aromatic carbocycles. The van der Waals surface area contributed by atoms with Gasteiger partial charge >= 0.3 is 6.03 Å². The minimum Gasteiger partial charge on any atom is -0.482 e. The van der Waals surface area contributed by atoms with Gasteiger partial charge in [-0.25, -0.2) is 4.79 Å². The quantitative estimate of drug-likeness (QED) is 0.773. The zero-order valence-corrected chi connectivity index (χ0v) is 11.1. The van der Waals surface area contributed by atoms with Gasteiger partial charge in [-0.3, -0.25) is 4.79 Å². The highest BCUT2D eigenvalue weighted by Crippen LogP contribution is 2.30. The maximum Gasteiger partial charge on any atom is 0.319 e. The average molecular weight is 275 g/mol. The van der Waals surface area contributed by atoms with Gasteiger partial charge in [-0.2, -0.15) is 0 Å². The second-order valence-corrected chi connectivity index (χ2v) is 5.13. The van der Waals surface area contributed by atoms with Crippen LogP contribution >= 0.6 is 0 Å². The molecule has 0 bridgehead atoms. The van der Waals surface area contributed by atoms with E-state index >= 15 is 0 Å². The number of carbonyl (C=O) groups excluding carboxylic acids is 2. The number of hydrogen-bond acceptors (Lipinski definition) is 3. The van der Waals surface area contributed by atoms with Gasteiger partial charge in [0.2, 0.25) is 0 Å². The van der Waals surface area contributed by atoms with Crippen LogP contribution in [0, 0.1) is 0 Å². The van der Waals surface area contributed by atoms with Crippen LogP contribution < -0.4 is 20.7 Å². The number of carbonyl (C=O) groups is 2. The summed E-state index contributed by atoms with van der Waals surface area (Å²) >= 11 is 0. The Morgan fingerprint density at radius 3 is 2.90 bits per heavy atom. The van der Waals surface area contributed by atoms with Crippen molar-refractivity contribution in [1.29, 1.82) is 0 Å². The molecule has 3 amide bonds. The van der Waals surface area contributed by atoms with E-state index in [-0.39, 0.29) is 24.6 Å². The van der Waals surface area contributed by atoms with E-state index < -0.39 is 0 Å². The summed E-state index contributed by atoms with van der Waals surface area (Å²) in [5, 5.41) is 8.45. The minimum atomic E-state index is -0.198. The lowest BCUT2D eigenvalue weighted by atomic mass is 10.2. The third-order valence-electron chi connectivity index (χ3n) is 3.56. The van der Waals surface area contributed by atoms with Gasteiger partial charge in [-0.1, -0.05) is 12.8 Å². The lowest BCUT2D eigenvalue weighted by molar-refractivity contribution is -0.118. The first-order chi connectivity index (χ1) is 9.70. The molecule has 6 nitrogen and oxygen atoms in total. The molecule has 1 aliphatic carbocycles. The van der Waals surface area contributed by atoms with Crippen LogP contribution in [0.4, 0.5) is 16.2 Å². The fourth-order valence-electron chi connectivity index (χ4n) is 2.58. The molecule has 2 aliphatic rings. The topological polar surface area (TPSA) is 79.5 Å². The van der Waals surface area contributed by atoms with Crippen molar-refractivity contribution in [3.05, 3.63) is 18.2 Å². The first-order valence-electron chi connectivity index (χ1n) is 6.85. The summed E-state index contributed by atoms with van der Waals surface area (Å²) in [4.78, 5) is 23.0. The molecular formula is C14H17N3O3. The molecule has 1 fully saturated rings. The molecule has 20 heavy (non-hydrogen) atoms. The zero-order valence-electron chi connectivity index (χ0n) is 11.1. The van der Waals surface area contributed by atoms with E-state index in [1.54, 1.807) is 18.2 Å². The van der Waals surface area contributed by atoms with Gasteiger partial charge in [0.25, 0.3) is 5.91 Å². The Hall–Kier alpha value is -2.24. The number of amides is 3. The summed E-state index contributed by atoms with van der Waals surface area (Å²) in [7, 11) is 0. The summed E-state index contributed by atoms with van der Waals surface area (Å²) in [6, 6.07) is 5.25. The summed E-state index contributed by atoms with van der Waals surface area (Å²) in [5.74, 6) is 0.403. The van der Waals surface area contributed by atoms with Crippen LogP contribution in [0.3, 0.4) is 0 Å². The Balaban J connectivity index is 1.62. The maximum absolute atomic E-state index is 11.9. The number of rotatable bonds is 2. The largest absolute Gasteiger partial charge is 0.482 e. The lowest BCUT2D eigenvalue weighted by Crippen LogP contribution is -2.36. The molecule has 0 spiro atoms. The third kappa shape index (κ3) is 2.84. The van der Waals surface area contributed by atoms with Crippen molar-refractivity contribution in [2.75, 3.05) is 17.2 Å². The maximum atomic E-state index is 11.9. The standard InChI is InChI=1S/C14H17N3O3/c18-13-8-20-12-7-10(5-6-11(12)17-13)16-14(19)15-9-3-1-2-4-9/h5-7,9H,1-4,8H2,(H,17,18)(H2,15,16,19). The Bertz CT molecular complexity index is 538. The molecule has 3 N–H and O–H groups in total. The molecular weight excluding hydrogens is 258 g/mol. The highest BCUT2D eigenvalue weighted by molar-refractivity contribution is 5.96. The van der Waals surface area contributed by atoms with Crippen LogP contribution in [0.5, 0.6) is 5.75 Å². The molecule has 0 radical (unpaired) electrons. The Morgan fingerprint density at radius 2 is 2.10 bits per heavy atom.